The SMILES string of the molecule is O=c1[nH]c2ccc(Nc3nc4ccccc4[nH]3)cc2[nH]1. The van der Waals surface area contributed by atoms with Crippen LogP contribution in [-0.4, -0.2) is 19.9 Å². The van der Waals surface area contributed by atoms with Crippen LogP contribution in [0, 0.1) is 0 Å². The fraction of sp³-hybridized carbons (Fsp3) is 0. The standard InChI is InChI=1S/C14H11N5O/c20-14-18-11-6-5-8(7-12(11)19-14)15-13-16-9-3-1-2-4-10(9)17-13/h1-7H,(H2,15,16,17)(H2,18,19,20). The summed E-state index contributed by atoms with van der Waals surface area (Å²) in [6, 6.07) is 13.4. The molecule has 0 atom stereocenters. The Balaban J connectivity index is 1.73. The molecule has 0 unspecified atom stereocenters. The van der Waals surface area contributed by atoms with Crippen LogP contribution in [0.2, 0.25) is 0 Å². The van der Waals surface area contributed by atoms with E-state index in [9.17, 15) is 4.79 Å². The Labute approximate surface area is 112 Å². The maximum atomic E-state index is 11.2. The van der Waals surface area contributed by atoms with Gasteiger partial charge < -0.3 is 20.3 Å². The van der Waals surface area contributed by atoms with Crippen LogP contribution in [0.1, 0.15) is 0 Å². The summed E-state index contributed by atoms with van der Waals surface area (Å²) in [6.45, 7) is 0. The third-order valence-electron chi connectivity index (χ3n) is 3.17. The number of H-pyrrole nitrogens is 3. The lowest BCUT2D eigenvalue weighted by molar-refractivity contribution is 1.21. The molecule has 0 amide bonds. The van der Waals surface area contributed by atoms with E-state index < -0.39 is 0 Å². The molecule has 98 valence electrons. The van der Waals surface area contributed by atoms with Crippen LogP contribution in [-0.2, 0) is 0 Å². The molecule has 4 aromatic rings. The monoisotopic (exact) mass is 265 g/mol. The van der Waals surface area contributed by atoms with Crippen LogP contribution >= 0.6 is 0 Å². The zero-order valence-corrected chi connectivity index (χ0v) is 10.4. The molecular formula is C14H11N5O. The number of aromatic nitrogens is 4. The molecule has 0 saturated heterocycles. The van der Waals surface area contributed by atoms with Crippen LogP contribution in [0.3, 0.4) is 0 Å². The third-order valence-corrected chi connectivity index (χ3v) is 3.17. The molecule has 2 heterocycles. The Hall–Kier alpha value is -3.02. The summed E-state index contributed by atoms with van der Waals surface area (Å²) in [4.78, 5) is 24.3. The van der Waals surface area contributed by atoms with Crippen molar-refractivity contribution < 1.29 is 0 Å². The lowest BCUT2D eigenvalue weighted by Crippen LogP contribution is -1.99. The molecule has 0 aliphatic heterocycles. The van der Waals surface area contributed by atoms with E-state index in [0.29, 0.717) is 5.95 Å². The van der Waals surface area contributed by atoms with Crippen LogP contribution in [0.25, 0.3) is 22.1 Å². The zero-order chi connectivity index (χ0) is 13.5. The van der Waals surface area contributed by atoms with Crippen LogP contribution < -0.4 is 11.0 Å². The normalized spacial score (nSPS) is 11.2. The van der Waals surface area contributed by atoms with Gasteiger partial charge in [0, 0.05) is 5.69 Å². The van der Waals surface area contributed by atoms with Gasteiger partial charge in [0.25, 0.3) is 0 Å². The minimum absolute atomic E-state index is 0.208. The van der Waals surface area contributed by atoms with Gasteiger partial charge in [-0.3, -0.25) is 0 Å². The number of hydrogen-bond acceptors (Lipinski definition) is 3. The molecule has 0 radical (unpaired) electrons. The van der Waals surface area contributed by atoms with Gasteiger partial charge in [-0.2, -0.15) is 0 Å². The lowest BCUT2D eigenvalue weighted by atomic mass is 10.3. The molecule has 6 nitrogen and oxygen atoms in total. The van der Waals surface area contributed by atoms with Gasteiger partial charge in [0.2, 0.25) is 5.95 Å². The van der Waals surface area contributed by atoms with Gasteiger partial charge in [-0.05, 0) is 30.3 Å². The van der Waals surface area contributed by atoms with Crippen molar-refractivity contribution in [1.82, 2.24) is 19.9 Å². The molecule has 2 aromatic carbocycles. The molecule has 4 rings (SSSR count). The largest absolute Gasteiger partial charge is 0.326 e. The number of nitrogens with zero attached hydrogens (tertiary/aromatic N) is 1. The molecule has 0 fully saturated rings. The van der Waals surface area contributed by atoms with Crippen molar-refractivity contribution in [2.45, 2.75) is 0 Å². The van der Waals surface area contributed by atoms with Gasteiger partial charge in [0.1, 0.15) is 0 Å². The van der Waals surface area contributed by atoms with Gasteiger partial charge in [0.15, 0.2) is 0 Å². The number of para-hydroxylation sites is 2. The first-order valence-electron chi connectivity index (χ1n) is 6.22. The summed E-state index contributed by atoms with van der Waals surface area (Å²) >= 11 is 0. The maximum absolute atomic E-state index is 11.2. The van der Waals surface area contributed by atoms with Crippen molar-refractivity contribution in [3.63, 3.8) is 0 Å². The van der Waals surface area contributed by atoms with Gasteiger partial charge in [-0.15, -0.1) is 0 Å². The van der Waals surface area contributed by atoms with Crippen LogP contribution in [0.15, 0.2) is 47.3 Å². The van der Waals surface area contributed by atoms with Crippen molar-refractivity contribution >= 4 is 33.7 Å². The van der Waals surface area contributed by atoms with Gasteiger partial charge in [-0.25, -0.2) is 9.78 Å². The number of nitrogens with one attached hydrogen (secondary N) is 4. The molecule has 2 aromatic heterocycles. The molecular weight excluding hydrogens is 254 g/mol. The number of aromatic amines is 3. The summed E-state index contributed by atoms with van der Waals surface area (Å²) in [5.74, 6) is 0.670. The zero-order valence-electron chi connectivity index (χ0n) is 10.4. The van der Waals surface area contributed by atoms with E-state index in [1.165, 1.54) is 0 Å². The Bertz CT molecular complexity index is 929. The topological polar surface area (TPSA) is 89.4 Å². The van der Waals surface area contributed by atoms with Crippen LogP contribution in [0.5, 0.6) is 0 Å². The highest BCUT2D eigenvalue weighted by Crippen LogP contribution is 2.20. The number of anilines is 2. The quantitative estimate of drug-likeness (QED) is 0.449. The third kappa shape index (κ3) is 1.74. The minimum Gasteiger partial charge on any atom is -0.326 e. The number of imidazole rings is 2. The molecule has 0 aliphatic carbocycles. The van der Waals surface area contributed by atoms with Gasteiger partial charge >= 0.3 is 5.69 Å². The van der Waals surface area contributed by atoms with Crippen molar-refractivity contribution in [1.29, 1.82) is 0 Å². The molecule has 20 heavy (non-hydrogen) atoms. The summed E-state index contributed by atoms with van der Waals surface area (Å²) in [6.07, 6.45) is 0. The van der Waals surface area contributed by atoms with E-state index >= 15 is 0 Å². The summed E-state index contributed by atoms with van der Waals surface area (Å²) in [5.41, 5.74) is 4.08. The highest BCUT2D eigenvalue weighted by atomic mass is 16.1. The number of fused-ring (bicyclic) bond motifs is 2. The van der Waals surface area contributed by atoms with E-state index in [2.05, 4.69) is 25.3 Å². The predicted molar refractivity (Wildman–Crippen MR) is 78.3 cm³/mol. The fourth-order valence-electron chi connectivity index (χ4n) is 2.26. The van der Waals surface area contributed by atoms with E-state index in [1.54, 1.807) is 0 Å². The van der Waals surface area contributed by atoms with E-state index in [1.807, 2.05) is 42.5 Å². The first-order chi connectivity index (χ1) is 9.78. The van der Waals surface area contributed by atoms with Gasteiger partial charge in [-0.1, -0.05) is 12.1 Å². The Morgan fingerprint density at radius 3 is 2.65 bits per heavy atom. The highest BCUT2D eigenvalue weighted by Gasteiger charge is 2.04. The Morgan fingerprint density at radius 2 is 1.75 bits per heavy atom. The second kappa shape index (κ2) is 3.99. The first kappa shape index (κ1) is 10.9. The molecule has 0 aliphatic rings. The number of benzene rings is 2. The summed E-state index contributed by atoms with van der Waals surface area (Å²) in [7, 11) is 0. The minimum atomic E-state index is -0.208. The van der Waals surface area contributed by atoms with E-state index in [0.717, 1.165) is 27.8 Å². The second-order valence-corrected chi connectivity index (χ2v) is 4.57. The van der Waals surface area contributed by atoms with Crippen molar-refractivity contribution in [3.8, 4) is 0 Å². The molecule has 6 heteroatoms. The fourth-order valence-corrected chi connectivity index (χ4v) is 2.26. The van der Waals surface area contributed by atoms with Gasteiger partial charge in [0.05, 0.1) is 22.1 Å². The van der Waals surface area contributed by atoms with E-state index in [-0.39, 0.29) is 5.69 Å². The first-order valence-corrected chi connectivity index (χ1v) is 6.22. The summed E-state index contributed by atoms with van der Waals surface area (Å²) in [5, 5.41) is 3.19. The highest BCUT2D eigenvalue weighted by molar-refractivity contribution is 5.81. The lowest BCUT2D eigenvalue weighted by Gasteiger charge is -2.02. The molecule has 4 N–H and O–H groups in total. The smallest absolute Gasteiger partial charge is 0.323 e. The number of rotatable bonds is 2. The van der Waals surface area contributed by atoms with Crippen molar-refractivity contribution in [3.05, 3.63) is 52.9 Å². The average Bonchev–Trinajstić information content (AvgIpc) is 2.99. The van der Waals surface area contributed by atoms with Crippen molar-refractivity contribution in [2.75, 3.05) is 5.32 Å². The van der Waals surface area contributed by atoms with Crippen LogP contribution in [0.4, 0.5) is 11.6 Å². The Kier molecular flexibility index (Phi) is 2.17. The maximum Gasteiger partial charge on any atom is 0.323 e. The van der Waals surface area contributed by atoms with Crippen molar-refractivity contribution in [2.24, 2.45) is 0 Å². The number of hydrogen-bond donors (Lipinski definition) is 4. The average molecular weight is 265 g/mol. The van der Waals surface area contributed by atoms with E-state index in [4.69, 9.17) is 0 Å². The summed E-state index contributed by atoms with van der Waals surface area (Å²) < 4.78 is 0. The predicted octanol–water partition coefficient (Wildman–Crippen LogP) is 2.48. The second-order valence-electron chi connectivity index (χ2n) is 4.57. The molecule has 0 saturated carbocycles. The molecule has 0 bridgehead atoms. The molecule has 0 spiro atoms. The Morgan fingerprint density at radius 1 is 0.900 bits per heavy atom.